The van der Waals surface area contributed by atoms with Crippen molar-refractivity contribution in [1.82, 2.24) is 0 Å². The molecule has 0 aliphatic carbocycles. The van der Waals surface area contributed by atoms with E-state index >= 15 is 0 Å². The largest absolute Gasteiger partial charge is 0.481 e. The average molecular weight is 390 g/mol. The Morgan fingerprint density at radius 2 is 1.81 bits per heavy atom. The monoisotopic (exact) mass is 390 g/mol. The van der Waals surface area contributed by atoms with Crippen LogP contribution in [0.15, 0.2) is 24.5 Å². The van der Waals surface area contributed by atoms with E-state index in [4.69, 9.17) is 19.3 Å². The van der Waals surface area contributed by atoms with Crippen LogP contribution in [0.2, 0.25) is 0 Å². The number of aliphatic hydroxyl groups is 4. The van der Waals surface area contributed by atoms with Gasteiger partial charge in [-0.1, -0.05) is 6.08 Å². The van der Waals surface area contributed by atoms with Crippen molar-refractivity contribution in [1.29, 1.82) is 0 Å². The number of rotatable bonds is 7. The molecular formula is C16H22O11. The summed E-state index contributed by atoms with van der Waals surface area (Å²) in [5, 5.41) is 57.1. The van der Waals surface area contributed by atoms with Crippen LogP contribution in [0.4, 0.5) is 0 Å². The van der Waals surface area contributed by atoms with Gasteiger partial charge in [-0.05, 0) is 0 Å². The lowest BCUT2D eigenvalue weighted by Crippen LogP contribution is -2.60. The predicted octanol–water partition coefficient (Wildman–Crippen LogP) is -1.98. The summed E-state index contributed by atoms with van der Waals surface area (Å²) in [5.74, 6) is -4.56. The van der Waals surface area contributed by atoms with Gasteiger partial charge in [0.25, 0.3) is 0 Å². The van der Waals surface area contributed by atoms with Crippen LogP contribution in [0.25, 0.3) is 0 Å². The molecular weight excluding hydrogens is 368 g/mol. The van der Waals surface area contributed by atoms with Gasteiger partial charge in [-0.25, -0.2) is 4.79 Å². The highest BCUT2D eigenvalue weighted by Crippen LogP contribution is 2.36. The average Bonchev–Trinajstić information content (AvgIpc) is 2.61. The number of aliphatic hydroxyl groups excluding tert-OH is 4. The lowest BCUT2D eigenvalue weighted by Gasteiger charge is -2.42. The van der Waals surface area contributed by atoms with Gasteiger partial charge in [-0.2, -0.15) is 0 Å². The van der Waals surface area contributed by atoms with Crippen molar-refractivity contribution in [2.45, 2.75) is 43.4 Å². The van der Waals surface area contributed by atoms with Crippen LogP contribution >= 0.6 is 0 Å². The van der Waals surface area contributed by atoms with Crippen molar-refractivity contribution >= 4 is 11.9 Å². The minimum atomic E-state index is -1.69. The van der Waals surface area contributed by atoms with Crippen LogP contribution in [0.1, 0.15) is 6.42 Å². The molecule has 0 aromatic rings. The molecule has 0 unspecified atom stereocenters. The predicted molar refractivity (Wildman–Crippen MR) is 84.9 cm³/mol. The van der Waals surface area contributed by atoms with Gasteiger partial charge in [0.1, 0.15) is 24.4 Å². The molecule has 2 aliphatic heterocycles. The van der Waals surface area contributed by atoms with E-state index in [-0.39, 0.29) is 5.57 Å². The van der Waals surface area contributed by atoms with E-state index in [0.29, 0.717) is 0 Å². The maximum absolute atomic E-state index is 11.3. The van der Waals surface area contributed by atoms with Crippen molar-refractivity contribution in [3.05, 3.63) is 24.5 Å². The van der Waals surface area contributed by atoms with Gasteiger partial charge in [0.2, 0.25) is 6.29 Å². The highest BCUT2D eigenvalue weighted by molar-refractivity contribution is 5.88. The summed E-state index contributed by atoms with van der Waals surface area (Å²) in [4.78, 5) is 22.5. The Morgan fingerprint density at radius 3 is 2.33 bits per heavy atom. The van der Waals surface area contributed by atoms with Gasteiger partial charge in [-0.3, -0.25) is 4.79 Å². The molecule has 8 atom stereocenters. The van der Waals surface area contributed by atoms with E-state index in [1.54, 1.807) is 0 Å². The Labute approximate surface area is 153 Å². The van der Waals surface area contributed by atoms with E-state index in [0.717, 1.165) is 6.26 Å². The van der Waals surface area contributed by atoms with E-state index in [9.17, 15) is 35.1 Å². The summed E-state index contributed by atoms with van der Waals surface area (Å²) in [5.41, 5.74) is -0.282. The summed E-state index contributed by atoms with van der Waals surface area (Å²) in [6, 6.07) is 0. The van der Waals surface area contributed by atoms with Crippen molar-refractivity contribution in [2.75, 3.05) is 6.61 Å². The summed E-state index contributed by atoms with van der Waals surface area (Å²) in [6.07, 6.45) is -7.39. The number of hydrogen-bond acceptors (Lipinski definition) is 9. The third-order valence-electron chi connectivity index (χ3n) is 4.54. The standard InChI is InChI=1S/C16H22O11/c1-2-6-7(3-10(18)19)8(14(23)24)5-25-15(6)27-16-13(22)12(21)11(20)9(4-17)26-16/h2,5-7,9,11-13,15-17,20-22H,1,3-4H2,(H,18,19)(H,23,24)/t6-,7-,9-,11+,12+,13+,15+,16+/m0/s1. The Kier molecular flexibility index (Phi) is 6.92. The highest BCUT2D eigenvalue weighted by atomic mass is 16.8. The maximum Gasteiger partial charge on any atom is 0.335 e. The fraction of sp³-hybridized carbons (Fsp3) is 0.625. The number of carboxylic acids is 2. The van der Waals surface area contributed by atoms with E-state index in [1.807, 2.05) is 0 Å². The molecule has 6 N–H and O–H groups in total. The third-order valence-corrected chi connectivity index (χ3v) is 4.54. The molecule has 2 rings (SSSR count). The molecule has 0 bridgehead atoms. The lowest BCUT2D eigenvalue weighted by atomic mass is 9.81. The summed E-state index contributed by atoms with van der Waals surface area (Å²) >= 11 is 0. The van der Waals surface area contributed by atoms with Crippen LogP contribution in [-0.4, -0.2) is 86.2 Å². The van der Waals surface area contributed by atoms with Crippen molar-refractivity contribution < 1.29 is 54.4 Å². The van der Waals surface area contributed by atoms with Gasteiger partial charge in [-0.15, -0.1) is 6.58 Å². The molecule has 2 aliphatic rings. The first-order valence-electron chi connectivity index (χ1n) is 8.10. The molecule has 0 saturated carbocycles. The molecule has 27 heavy (non-hydrogen) atoms. The van der Waals surface area contributed by atoms with Crippen LogP contribution in [0.3, 0.4) is 0 Å². The molecule has 1 fully saturated rings. The van der Waals surface area contributed by atoms with Crippen LogP contribution < -0.4 is 0 Å². The number of carboxylic acid groups (broad SMARTS) is 2. The van der Waals surface area contributed by atoms with E-state index in [1.165, 1.54) is 6.08 Å². The molecule has 0 aromatic heterocycles. The zero-order valence-corrected chi connectivity index (χ0v) is 14.1. The zero-order chi connectivity index (χ0) is 20.3. The first-order chi connectivity index (χ1) is 12.7. The Morgan fingerprint density at radius 1 is 1.15 bits per heavy atom. The third kappa shape index (κ3) is 4.46. The number of hydrogen-bond donors (Lipinski definition) is 6. The number of carbonyl (C=O) groups is 2. The second kappa shape index (κ2) is 8.78. The normalized spacial score (nSPS) is 39.2. The minimum absolute atomic E-state index is 0.282. The fourth-order valence-electron chi connectivity index (χ4n) is 3.07. The molecule has 11 nitrogen and oxygen atoms in total. The summed E-state index contributed by atoms with van der Waals surface area (Å²) in [6.45, 7) is 2.89. The smallest absolute Gasteiger partial charge is 0.335 e. The summed E-state index contributed by atoms with van der Waals surface area (Å²) in [7, 11) is 0. The second-order valence-corrected chi connectivity index (χ2v) is 6.23. The van der Waals surface area contributed by atoms with Gasteiger partial charge < -0.3 is 44.8 Å². The molecule has 0 amide bonds. The molecule has 0 spiro atoms. The molecule has 11 heteroatoms. The van der Waals surface area contributed by atoms with E-state index in [2.05, 4.69) is 6.58 Å². The van der Waals surface area contributed by atoms with Crippen molar-refractivity contribution in [2.24, 2.45) is 11.8 Å². The molecule has 0 radical (unpaired) electrons. The van der Waals surface area contributed by atoms with E-state index < -0.39 is 73.8 Å². The lowest BCUT2D eigenvalue weighted by molar-refractivity contribution is -0.339. The van der Waals surface area contributed by atoms with Gasteiger partial charge in [0.15, 0.2) is 6.29 Å². The highest BCUT2D eigenvalue weighted by Gasteiger charge is 2.47. The Bertz CT molecular complexity index is 601. The van der Waals surface area contributed by atoms with Gasteiger partial charge >= 0.3 is 11.9 Å². The first-order valence-corrected chi connectivity index (χ1v) is 8.10. The summed E-state index contributed by atoms with van der Waals surface area (Å²) < 4.78 is 15.9. The fourth-order valence-corrected chi connectivity index (χ4v) is 3.07. The topological polar surface area (TPSA) is 183 Å². The van der Waals surface area contributed by atoms with Crippen LogP contribution in [0, 0.1) is 11.8 Å². The first kappa shape index (κ1) is 21.3. The molecule has 0 aromatic carbocycles. The number of aliphatic carboxylic acids is 2. The van der Waals surface area contributed by atoms with Crippen molar-refractivity contribution in [3.63, 3.8) is 0 Å². The van der Waals surface area contributed by atoms with Crippen LogP contribution in [0.5, 0.6) is 0 Å². The Balaban J connectivity index is 2.23. The van der Waals surface area contributed by atoms with Gasteiger partial charge in [0, 0.05) is 11.8 Å². The molecule has 2 heterocycles. The van der Waals surface area contributed by atoms with Crippen molar-refractivity contribution in [3.8, 4) is 0 Å². The van der Waals surface area contributed by atoms with Crippen LogP contribution in [-0.2, 0) is 23.8 Å². The molecule has 1 saturated heterocycles. The van der Waals surface area contributed by atoms with Gasteiger partial charge in [0.05, 0.1) is 24.9 Å². The molecule has 152 valence electrons. The second-order valence-electron chi connectivity index (χ2n) is 6.23. The minimum Gasteiger partial charge on any atom is -0.481 e. The maximum atomic E-state index is 11.3. The Hall–Kier alpha value is -2.02. The SMILES string of the molecule is C=C[C@@H]1[C@@H](O[C@H]2O[C@@H](CO)[C@@H](O)[C@@H](O)[C@H]2O)OC=C(C(=O)O)[C@H]1CC(=O)O. The number of ether oxygens (including phenoxy) is 3. The quantitative estimate of drug-likeness (QED) is 0.265. The zero-order valence-electron chi connectivity index (χ0n) is 14.1.